The van der Waals surface area contributed by atoms with Crippen molar-refractivity contribution in [2.24, 2.45) is 0 Å². The van der Waals surface area contributed by atoms with Gasteiger partial charge in [-0.3, -0.25) is 0 Å². The standard InChI is InChI=1S/C59H38B2N4O3/c1-6-20-39(21-7-1)63(40-22-8-2-9-23-40)44-34-51-56-53(35-44)67-58-48(60(56)46-30-16-18-32-50(46)65(51)43-28-14-5-15-29-43)38-49-59(62-58)68-55-37-45(36-54-57(55)61(49)47-31-17-19-33-52(47)66-54)64(41-24-10-3-11-25-41)42-26-12-4-13-27-42/h1-38H. The van der Waals surface area contributed by atoms with Crippen LogP contribution in [0.4, 0.5) is 51.2 Å². The van der Waals surface area contributed by atoms with Gasteiger partial charge in [-0.15, -0.1) is 0 Å². The molecule has 0 unspecified atom stereocenters. The molecule has 5 heterocycles. The van der Waals surface area contributed by atoms with E-state index in [9.17, 15) is 0 Å². The zero-order valence-corrected chi connectivity index (χ0v) is 36.6. The van der Waals surface area contributed by atoms with Crippen molar-refractivity contribution in [1.29, 1.82) is 0 Å². The van der Waals surface area contributed by atoms with Crippen molar-refractivity contribution < 1.29 is 14.2 Å². The predicted molar refractivity (Wildman–Crippen MR) is 277 cm³/mol. The molecule has 10 aromatic rings. The third-order valence-electron chi connectivity index (χ3n) is 13.6. The molecule has 7 nitrogen and oxygen atoms in total. The maximum absolute atomic E-state index is 7.22. The molecule has 14 rings (SSSR count). The second-order valence-electron chi connectivity index (χ2n) is 17.5. The lowest BCUT2D eigenvalue weighted by Crippen LogP contribution is -2.63. The Morgan fingerprint density at radius 2 is 0.750 bits per heavy atom. The number of pyridine rings is 1. The minimum atomic E-state index is -0.212. The summed E-state index contributed by atoms with van der Waals surface area (Å²) in [6.45, 7) is -0.409. The van der Waals surface area contributed by atoms with Gasteiger partial charge in [-0.2, -0.15) is 4.98 Å². The summed E-state index contributed by atoms with van der Waals surface area (Å²) in [4.78, 5) is 12.3. The van der Waals surface area contributed by atoms with Crippen LogP contribution in [0.25, 0.3) is 0 Å². The molecule has 0 radical (unpaired) electrons. The van der Waals surface area contributed by atoms with Crippen molar-refractivity contribution in [2.75, 3.05) is 14.7 Å². The van der Waals surface area contributed by atoms with E-state index in [1.165, 1.54) is 5.46 Å². The number of para-hydroxylation sites is 7. The molecule has 1 aromatic heterocycles. The van der Waals surface area contributed by atoms with Crippen molar-refractivity contribution >= 4 is 97.4 Å². The SMILES string of the molecule is c1ccc(N(c2ccccc2)c2cc3c4c(c2)Oc2nc5c(cc2B4c2ccccc2O3)B2c3ccccc3N(c3ccccc3)c3cc(N(c4ccccc4)c4ccccc4)cc(c32)O5)cc1. The highest BCUT2D eigenvalue weighted by Crippen LogP contribution is 2.47. The lowest BCUT2D eigenvalue weighted by Gasteiger charge is -2.41. The predicted octanol–water partition coefficient (Wildman–Crippen LogP) is 11.2. The number of rotatable bonds is 7. The highest BCUT2D eigenvalue weighted by Gasteiger charge is 2.47. The Morgan fingerprint density at radius 1 is 0.324 bits per heavy atom. The van der Waals surface area contributed by atoms with Crippen LogP contribution in [0, 0.1) is 0 Å². The zero-order valence-electron chi connectivity index (χ0n) is 36.6. The Bertz CT molecular complexity index is 3510. The normalized spacial score (nSPS) is 13.0. The van der Waals surface area contributed by atoms with Crippen molar-refractivity contribution in [1.82, 2.24) is 4.98 Å². The first kappa shape index (κ1) is 38.3. The molecular weight excluding hydrogens is 834 g/mol. The Hall–Kier alpha value is -8.94. The van der Waals surface area contributed by atoms with Gasteiger partial charge in [0.2, 0.25) is 11.8 Å². The number of nitrogens with zero attached hydrogens (tertiary/aromatic N) is 4. The van der Waals surface area contributed by atoms with E-state index in [0.29, 0.717) is 17.5 Å². The minimum Gasteiger partial charge on any atom is -0.458 e. The van der Waals surface area contributed by atoms with Crippen LogP contribution in [0.1, 0.15) is 0 Å². The largest absolute Gasteiger partial charge is 0.458 e. The molecule has 0 spiro atoms. The molecule has 0 amide bonds. The fourth-order valence-corrected chi connectivity index (χ4v) is 10.8. The second-order valence-corrected chi connectivity index (χ2v) is 17.5. The molecule has 0 saturated heterocycles. The second kappa shape index (κ2) is 15.3. The van der Waals surface area contributed by atoms with Gasteiger partial charge in [0.25, 0.3) is 13.4 Å². The van der Waals surface area contributed by atoms with Crippen LogP contribution in [-0.2, 0) is 0 Å². The van der Waals surface area contributed by atoms with E-state index < -0.39 is 0 Å². The number of hydrogen-bond donors (Lipinski definition) is 0. The molecule has 318 valence electrons. The number of anilines is 9. The van der Waals surface area contributed by atoms with Gasteiger partial charge in [-0.25, -0.2) is 0 Å². The van der Waals surface area contributed by atoms with Gasteiger partial charge in [0.1, 0.15) is 23.0 Å². The fraction of sp³-hybridized carbons (Fsp3) is 0. The summed E-state index contributed by atoms with van der Waals surface area (Å²) < 4.78 is 21.1. The van der Waals surface area contributed by atoms with Gasteiger partial charge in [0.05, 0.1) is 11.4 Å². The van der Waals surface area contributed by atoms with E-state index in [-0.39, 0.29) is 13.4 Å². The van der Waals surface area contributed by atoms with Gasteiger partial charge >= 0.3 is 0 Å². The molecule has 0 saturated carbocycles. The molecule has 0 atom stereocenters. The molecule has 9 aromatic carbocycles. The van der Waals surface area contributed by atoms with Gasteiger partial charge in [-0.1, -0.05) is 133 Å². The number of fused-ring (bicyclic) bond motifs is 8. The van der Waals surface area contributed by atoms with Crippen LogP contribution in [0.3, 0.4) is 0 Å². The summed E-state index contributed by atoms with van der Waals surface area (Å²) >= 11 is 0. The van der Waals surface area contributed by atoms with Crippen LogP contribution < -0.4 is 61.7 Å². The van der Waals surface area contributed by atoms with Crippen LogP contribution >= 0.6 is 0 Å². The van der Waals surface area contributed by atoms with Crippen LogP contribution in [-0.4, -0.2) is 18.4 Å². The van der Waals surface area contributed by atoms with E-state index in [4.69, 9.17) is 19.2 Å². The molecular formula is C59H38B2N4O3. The lowest BCUT2D eigenvalue weighted by molar-refractivity contribution is 0.428. The summed E-state index contributed by atoms with van der Waals surface area (Å²) in [5, 5.41) is 0. The zero-order chi connectivity index (χ0) is 44.7. The molecule has 0 aliphatic carbocycles. The van der Waals surface area contributed by atoms with E-state index in [0.717, 1.165) is 95.7 Å². The van der Waals surface area contributed by atoms with Crippen molar-refractivity contribution in [3.05, 3.63) is 231 Å². The van der Waals surface area contributed by atoms with Crippen LogP contribution in [0.5, 0.6) is 34.8 Å². The van der Waals surface area contributed by atoms with Crippen molar-refractivity contribution in [3.63, 3.8) is 0 Å². The number of ether oxygens (including phenoxy) is 3. The van der Waals surface area contributed by atoms with E-state index in [1.54, 1.807) is 0 Å². The summed E-state index contributed by atoms with van der Waals surface area (Å²) in [6.07, 6.45) is 0. The highest BCUT2D eigenvalue weighted by atomic mass is 16.5. The first-order valence-electron chi connectivity index (χ1n) is 23.0. The van der Waals surface area contributed by atoms with E-state index in [2.05, 4.69) is 227 Å². The highest BCUT2D eigenvalue weighted by molar-refractivity contribution is 7.01. The van der Waals surface area contributed by atoms with Gasteiger partial charge in [0, 0.05) is 63.5 Å². The molecule has 68 heavy (non-hydrogen) atoms. The molecule has 4 aliphatic heterocycles. The van der Waals surface area contributed by atoms with Crippen molar-refractivity contribution in [2.45, 2.75) is 0 Å². The average molecular weight is 873 g/mol. The summed E-state index contributed by atoms with van der Waals surface area (Å²) in [5.41, 5.74) is 15.4. The lowest BCUT2D eigenvalue weighted by atomic mass is 9.31. The summed E-state index contributed by atoms with van der Waals surface area (Å²) in [5.74, 6) is 4.03. The van der Waals surface area contributed by atoms with E-state index in [1.807, 2.05) is 18.2 Å². The van der Waals surface area contributed by atoms with Crippen LogP contribution in [0.2, 0.25) is 0 Å². The first-order chi connectivity index (χ1) is 33.7. The fourth-order valence-electron chi connectivity index (χ4n) is 10.8. The third-order valence-corrected chi connectivity index (χ3v) is 13.6. The van der Waals surface area contributed by atoms with Gasteiger partial charge in [-0.05, 0) is 106 Å². The Balaban J connectivity index is 0.984. The van der Waals surface area contributed by atoms with Gasteiger partial charge < -0.3 is 28.9 Å². The summed E-state index contributed by atoms with van der Waals surface area (Å²) in [7, 11) is 0. The number of aromatic nitrogens is 1. The molecule has 9 heteroatoms. The number of hydrogen-bond acceptors (Lipinski definition) is 7. The summed E-state index contributed by atoms with van der Waals surface area (Å²) in [6, 6.07) is 80.6. The Labute approximate surface area is 394 Å². The Kier molecular flexibility index (Phi) is 8.64. The molecule has 0 N–H and O–H groups in total. The topological polar surface area (TPSA) is 50.3 Å². The molecule has 4 aliphatic rings. The molecule has 0 bridgehead atoms. The third kappa shape index (κ3) is 5.99. The maximum Gasteiger partial charge on any atom is 0.262 e. The maximum atomic E-state index is 7.22. The molecule has 0 fully saturated rings. The van der Waals surface area contributed by atoms with E-state index >= 15 is 0 Å². The first-order valence-corrected chi connectivity index (χ1v) is 23.0. The Morgan fingerprint density at radius 3 is 1.31 bits per heavy atom. The number of benzene rings is 9. The quantitative estimate of drug-likeness (QED) is 0.148. The monoisotopic (exact) mass is 872 g/mol. The average Bonchev–Trinajstić information content (AvgIpc) is 3.39. The van der Waals surface area contributed by atoms with Gasteiger partial charge in [0.15, 0.2) is 0 Å². The van der Waals surface area contributed by atoms with Crippen LogP contribution in [0.15, 0.2) is 231 Å². The smallest absolute Gasteiger partial charge is 0.262 e. The van der Waals surface area contributed by atoms with Crippen molar-refractivity contribution in [3.8, 4) is 34.8 Å². The minimum absolute atomic E-state index is 0.197.